The summed E-state index contributed by atoms with van der Waals surface area (Å²) >= 11 is 0. The summed E-state index contributed by atoms with van der Waals surface area (Å²) in [6.07, 6.45) is 0.288. The minimum Gasteiger partial charge on any atom is -0.489 e. The Balaban J connectivity index is 1.33. The number of carbonyl (C=O) groups excluding carboxylic acids is 1. The molecule has 1 unspecified atom stereocenters. The van der Waals surface area contributed by atoms with Gasteiger partial charge in [-0.1, -0.05) is 90.1 Å². The molecule has 0 aliphatic rings. The van der Waals surface area contributed by atoms with E-state index in [-0.39, 0.29) is 18.3 Å². The zero-order valence-electron chi connectivity index (χ0n) is 22.3. The van der Waals surface area contributed by atoms with Gasteiger partial charge in [0.2, 0.25) is 0 Å². The first kappa shape index (κ1) is 27.5. The number of hydrogen-bond donors (Lipinski definition) is 0. The summed E-state index contributed by atoms with van der Waals surface area (Å²) in [7, 11) is 1.52. The normalized spacial score (nSPS) is 11.9. The van der Waals surface area contributed by atoms with Crippen LogP contribution in [0.4, 0.5) is 0 Å². The molecule has 1 atom stereocenters. The van der Waals surface area contributed by atoms with Gasteiger partial charge in [0.05, 0.1) is 13.0 Å². The van der Waals surface area contributed by atoms with Crippen LogP contribution in [0.5, 0.6) is 11.5 Å². The molecular formula is C33H33NO5. The Labute approximate surface area is 229 Å². The number of nitrogens with zero attached hydrogens (tertiary/aromatic N) is 1. The third-order valence-electron chi connectivity index (χ3n) is 6.17. The lowest BCUT2D eigenvalue weighted by Gasteiger charge is -2.18. The minimum atomic E-state index is -0.207. The standard InChI is InChI=1S/C33H33NO5/c1-3-37-33(35)22-31(26-10-6-4-7-11-26)27-16-20-30(21-17-27)38-23-25-14-18-29(19-15-25)39-24-32(34-36-2)28-12-8-5-9-13-28/h4-21,31H,3,22-24H2,1-2H3. The van der Waals surface area contributed by atoms with Crippen LogP contribution in [-0.2, 0) is 21.0 Å². The molecule has 0 aromatic heterocycles. The van der Waals surface area contributed by atoms with Crippen molar-refractivity contribution in [3.8, 4) is 11.5 Å². The summed E-state index contributed by atoms with van der Waals surface area (Å²) in [5.74, 6) is 1.20. The second-order valence-corrected chi connectivity index (χ2v) is 8.85. The number of ether oxygens (including phenoxy) is 3. The number of oxime groups is 1. The zero-order chi connectivity index (χ0) is 27.3. The molecule has 4 aromatic rings. The van der Waals surface area contributed by atoms with Gasteiger partial charge in [0.1, 0.15) is 37.5 Å². The molecule has 39 heavy (non-hydrogen) atoms. The van der Waals surface area contributed by atoms with Gasteiger partial charge in [-0.3, -0.25) is 4.79 Å². The van der Waals surface area contributed by atoms with E-state index >= 15 is 0 Å². The Morgan fingerprint density at radius 3 is 1.97 bits per heavy atom. The fourth-order valence-electron chi connectivity index (χ4n) is 4.20. The topological polar surface area (TPSA) is 66.4 Å². The molecule has 6 heteroatoms. The molecule has 0 heterocycles. The van der Waals surface area contributed by atoms with Crippen LogP contribution in [0, 0.1) is 0 Å². The second kappa shape index (κ2) is 14.4. The molecule has 0 saturated carbocycles. The quantitative estimate of drug-likeness (QED) is 0.110. The van der Waals surface area contributed by atoms with Crippen molar-refractivity contribution < 1.29 is 23.8 Å². The van der Waals surface area contributed by atoms with Gasteiger partial charge in [-0.15, -0.1) is 0 Å². The fourth-order valence-corrected chi connectivity index (χ4v) is 4.20. The van der Waals surface area contributed by atoms with Crippen LogP contribution in [0.25, 0.3) is 0 Å². The average molecular weight is 524 g/mol. The van der Waals surface area contributed by atoms with Crippen molar-refractivity contribution in [2.75, 3.05) is 20.3 Å². The third-order valence-corrected chi connectivity index (χ3v) is 6.17. The van der Waals surface area contributed by atoms with E-state index < -0.39 is 0 Å². The molecule has 0 aliphatic heterocycles. The largest absolute Gasteiger partial charge is 0.489 e. The van der Waals surface area contributed by atoms with E-state index in [4.69, 9.17) is 19.0 Å². The second-order valence-electron chi connectivity index (χ2n) is 8.85. The first-order valence-electron chi connectivity index (χ1n) is 13.0. The van der Waals surface area contributed by atoms with Crippen molar-refractivity contribution in [3.05, 3.63) is 131 Å². The smallest absolute Gasteiger partial charge is 0.306 e. The maximum Gasteiger partial charge on any atom is 0.306 e. The van der Waals surface area contributed by atoms with Crippen molar-refractivity contribution in [2.24, 2.45) is 5.16 Å². The lowest BCUT2D eigenvalue weighted by Crippen LogP contribution is -2.13. The highest BCUT2D eigenvalue weighted by molar-refractivity contribution is 6.01. The summed E-state index contributed by atoms with van der Waals surface area (Å²) in [4.78, 5) is 17.2. The number of esters is 1. The Bertz CT molecular complexity index is 1320. The first-order chi connectivity index (χ1) is 19.2. The van der Waals surface area contributed by atoms with E-state index in [0.717, 1.165) is 33.8 Å². The highest BCUT2D eigenvalue weighted by Gasteiger charge is 2.19. The minimum absolute atomic E-state index is 0.0804. The summed E-state index contributed by atoms with van der Waals surface area (Å²) < 4.78 is 17.1. The molecule has 0 radical (unpaired) electrons. The molecule has 0 amide bonds. The lowest BCUT2D eigenvalue weighted by atomic mass is 9.88. The molecule has 4 aromatic carbocycles. The fraction of sp³-hybridized carbons (Fsp3) is 0.212. The Hall–Kier alpha value is -4.58. The third kappa shape index (κ3) is 8.20. The van der Waals surface area contributed by atoms with Crippen molar-refractivity contribution in [1.29, 1.82) is 0 Å². The van der Waals surface area contributed by atoms with Crippen LogP contribution in [0.1, 0.15) is 41.5 Å². The average Bonchev–Trinajstić information content (AvgIpc) is 2.99. The maximum absolute atomic E-state index is 12.3. The van der Waals surface area contributed by atoms with Gasteiger partial charge >= 0.3 is 5.97 Å². The molecule has 0 aliphatic carbocycles. The lowest BCUT2D eigenvalue weighted by molar-refractivity contribution is -0.143. The van der Waals surface area contributed by atoms with Gasteiger partial charge < -0.3 is 19.0 Å². The van der Waals surface area contributed by atoms with Crippen LogP contribution in [-0.4, -0.2) is 32.0 Å². The van der Waals surface area contributed by atoms with Crippen molar-refractivity contribution in [1.82, 2.24) is 0 Å². The summed E-state index contributed by atoms with van der Waals surface area (Å²) in [5.41, 5.74) is 4.79. The summed E-state index contributed by atoms with van der Waals surface area (Å²) in [6, 6.07) is 35.5. The van der Waals surface area contributed by atoms with Crippen molar-refractivity contribution in [3.63, 3.8) is 0 Å². The van der Waals surface area contributed by atoms with Crippen LogP contribution < -0.4 is 9.47 Å². The van der Waals surface area contributed by atoms with E-state index in [1.807, 2.05) is 116 Å². The molecule has 0 bridgehead atoms. The summed E-state index contributed by atoms with van der Waals surface area (Å²) in [6.45, 7) is 2.91. The SMILES string of the molecule is CCOC(=O)CC(c1ccccc1)c1ccc(OCc2ccc(OCC(=NOC)c3ccccc3)cc2)cc1. The van der Waals surface area contributed by atoms with E-state index in [9.17, 15) is 4.79 Å². The van der Waals surface area contributed by atoms with E-state index in [0.29, 0.717) is 25.5 Å². The molecular weight excluding hydrogens is 490 g/mol. The van der Waals surface area contributed by atoms with Crippen LogP contribution in [0.3, 0.4) is 0 Å². The van der Waals surface area contributed by atoms with E-state index in [1.54, 1.807) is 0 Å². The highest BCUT2D eigenvalue weighted by atomic mass is 16.6. The number of hydrogen-bond acceptors (Lipinski definition) is 6. The number of benzene rings is 4. The highest BCUT2D eigenvalue weighted by Crippen LogP contribution is 2.30. The monoisotopic (exact) mass is 523 g/mol. The summed E-state index contributed by atoms with van der Waals surface area (Å²) in [5, 5.41) is 4.10. The Kier molecular flexibility index (Phi) is 10.1. The predicted molar refractivity (Wildman–Crippen MR) is 152 cm³/mol. The molecule has 0 spiro atoms. The molecule has 0 N–H and O–H groups in total. The molecule has 6 nitrogen and oxygen atoms in total. The van der Waals surface area contributed by atoms with E-state index in [1.165, 1.54) is 7.11 Å². The first-order valence-corrected chi connectivity index (χ1v) is 13.0. The number of rotatable bonds is 13. The predicted octanol–water partition coefficient (Wildman–Crippen LogP) is 6.78. The molecule has 0 saturated heterocycles. The van der Waals surface area contributed by atoms with Gasteiger partial charge in [0.15, 0.2) is 0 Å². The zero-order valence-corrected chi connectivity index (χ0v) is 22.3. The molecule has 0 fully saturated rings. The van der Waals surface area contributed by atoms with Gasteiger partial charge in [-0.05, 0) is 47.9 Å². The molecule has 200 valence electrons. The van der Waals surface area contributed by atoms with Gasteiger partial charge in [0.25, 0.3) is 0 Å². The van der Waals surface area contributed by atoms with Gasteiger partial charge in [-0.25, -0.2) is 0 Å². The van der Waals surface area contributed by atoms with Crippen LogP contribution in [0.15, 0.2) is 114 Å². The number of carbonyl (C=O) groups is 1. The van der Waals surface area contributed by atoms with Crippen molar-refractivity contribution >= 4 is 11.7 Å². The van der Waals surface area contributed by atoms with Gasteiger partial charge in [0, 0.05) is 11.5 Å². The van der Waals surface area contributed by atoms with Crippen LogP contribution in [0.2, 0.25) is 0 Å². The molecule has 4 rings (SSSR count). The Morgan fingerprint density at radius 2 is 1.33 bits per heavy atom. The van der Waals surface area contributed by atoms with E-state index in [2.05, 4.69) is 5.16 Å². The van der Waals surface area contributed by atoms with Gasteiger partial charge in [-0.2, -0.15) is 0 Å². The maximum atomic E-state index is 12.3. The Morgan fingerprint density at radius 1 is 0.744 bits per heavy atom. The van der Waals surface area contributed by atoms with Crippen LogP contribution >= 0.6 is 0 Å². The van der Waals surface area contributed by atoms with Crippen molar-refractivity contribution in [2.45, 2.75) is 25.9 Å².